The van der Waals surface area contributed by atoms with E-state index < -0.39 is 5.56 Å². The third kappa shape index (κ3) is 2.50. The van der Waals surface area contributed by atoms with E-state index in [0.717, 1.165) is 0 Å². The van der Waals surface area contributed by atoms with Crippen molar-refractivity contribution in [1.29, 1.82) is 0 Å². The fraction of sp³-hybridized carbons (Fsp3) is 0.0667. The molecule has 5 nitrogen and oxygen atoms in total. The number of nitrogens with zero attached hydrogens (tertiary/aromatic N) is 1. The van der Waals surface area contributed by atoms with Crippen LogP contribution in [0, 0.1) is 6.92 Å². The van der Waals surface area contributed by atoms with E-state index >= 15 is 0 Å². The number of aromatic hydroxyl groups is 1. The molecule has 2 heterocycles. The van der Waals surface area contributed by atoms with E-state index in [0.29, 0.717) is 21.6 Å². The second-order valence-electron chi connectivity index (χ2n) is 4.50. The van der Waals surface area contributed by atoms with Crippen LogP contribution in [0.3, 0.4) is 0 Å². The number of aryl methyl sites for hydroxylation is 1. The zero-order chi connectivity index (χ0) is 15.0. The molecule has 3 aromatic rings. The Morgan fingerprint density at radius 2 is 2.00 bits per heavy atom. The maximum absolute atomic E-state index is 12.3. The van der Waals surface area contributed by atoms with Crippen LogP contribution in [0.1, 0.15) is 5.76 Å². The van der Waals surface area contributed by atoms with Crippen molar-refractivity contribution in [3.05, 3.63) is 57.0 Å². The molecule has 0 aliphatic rings. The fourth-order valence-electron chi connectivity index (χ4n) is 2.05. The van der Waals surface area contributed by atoms with Gasteiger partial charge in [0.15, 0.2) is 11.6 Å². The number of rotatable bonds is 2. The molecular formula is C15H11BrN2O3. The van der Waals surface area contributed by atoms with Crippen molar-refractivity contribution in [2.75, 3.05) is 0 Å². The van der Waals surface area contributed by atoms with Gasteiger partial charge in [-0.2, -0.15) is 4.98 Å². The number of aromatic amines is 1. The highest BCUT2D eigenvalue weighted by atomic mass is 79.9. The predicted octanol–water partition coefficient (Wildman–Crippen LogP) is 3.47. The number of halogens is 1. The molecule has 21 heavy (non-hydrogen) atoms. The van der Waals surface area contributed by atoms with Crippen molar-refractivity contribution in [2.24, 2.45) is 0 Å². The first-order chi connectivity index (χ1) is 10.1. The smallest absolute Gasteiger partial charge is 0.263 e. The van der Waals surface area contributed by atoms with Crippen molar-refractivity contribution >= 4 is 15.9 Å². The molecule has 3 rings (SSSR count). The van der Waals surface area contributed by atoms with Crippen LogP contribution in [-0.2, 0) is 0 Å². The summed E-state index contributed by atoms with van der Waals surface area (Å²) >= 11 is 3.36. The van der Waals surface area contributed by atoms with Crippen molar-refractivity contribution in [3.8, 4) is 28.6 Å². The second-order valence-corrected chi connectivity index (χ2v) is 5.36. The molecule has 1 aromatic carbocycles. The predicted molar refractivity (Wildman–Crippen MR) is 82.1 cm³/mol. The lowest BCUT2D eigenvalue weighted by molar-refractivity contribution is 0.452. The first-order valence-corrected chi connectivity index (χ1v) is 7.00. The molecule has 0 aliphatic heterocycles. The number of aromatic nitrogens is 2. The van der Waals surface area contributed by atoms with Crippen molar-refractivity contribution < 1.29 is 9.52 Å². The average Bonchev–Trinajstić information content (AvgIpc) is 2.87. The van der Waals surface area contributed by atoms with Gasteiger partial charge in [0.25, 0.3) is 5.56 Å². The normalized spacial score (nSPS) is 10.8. The van der Waals surface area contributed by atoms with Crippen molar-refractivity contribution in [1.82, 2.24) is 9.97 Å². The molecule has 0 saturated heterocycles. The van der Waals surface area contributed by atoms with Crippen LogP contribution in [-0.4, -0.2) is 15.1 Å². The van der Waals surface area contributed by atoms with Crippen molar-refractivity contribution in [3.63, 3.8) is 0 Å². The Hall–Kier alpha value is -2.34. The van der Waals surface area contributed by atoms with Gasteiger partial charge < -0.3 is 14.5 Å². The standard InChI is InChI=1S/C15H11BrN2O3/c1-8-6-7-11(21-8)13-17-14(19)12(15(20)18-13)9-4-2-3-5-10(9)16/h2-7H,1H3,(H2,17,18,19,20). The van der Waals surface area contributed by atoms with Gasteiger partial charge in [0.05, 0.1) is 0 Å². The topological polar surface area (TPSA) is 79.1 Å². The van der Waals surface area contributed by atoms with Crippen LogP contribution in [0.4, 0.5) is 0 Å². The molecule has 2 aromatic heterocycles. The molecule has 6 heteroatoms. The lowest BCUT2D eigenvalue weighted by Crippen LogP contribution is -2.12. The van der Waals surface area contributed by atoms with Crippen LogP contribution in [0.25, 0.3) is 22.7 Å². The van der Waals surface area contributed by atoms with E-state index in [2.05, 4.69) is 25.9 Å². The minimum Gasteiger partial charge on any atom is -0.493 e. The molecule has 0 spiro atoms. The molecule has 0 bridgehead atoms. The SMILES string of the molecule is Cc1ccc(-c2nc(O)c(-c3ccccc3Br)c(=O)[nH]2)o1. The summed E-state index contributed by atoms with van der Waals surface area (Å²) < 4.78 is 6.10. The van der Waals surface area contributed by atoms with Gasteiger partial charge in [-0.25, -0.2) is 0 Å². The van der Waals surface area contributed by atoms with Crippen LogP contribution in [0.5, 0.6) is 5.88 Å². The molecule has 0 unspecified atom stereocenters. The molecule has 0 amide bonds. The number of H-pyrrole nitrogens is 1. The third-order valence-electron chi connectivity index (χ3n) is 3.02. The third-order valence-corrected chi connectivity index (χ3v) is 3.71. The number of hydrogen-bond acceptors (Lipinski definition) is 4. The molecule has 106 valence electrons. The van der Waals surface area contributed by atoms with E-state index in [4.69, 9.17) is 4.42 Å². The van der Waals surface area contributed by atoms with Crippen molar-refractivity contribution in [2.45, 2.75) is 6.92 Å². The highest BCUT2D eigenvalue weighted by Gasteiger charge is 2.17. The van der Waals surface area contributed by atoms with Gasteiger partial charge in [-0.15, -0.1) is 0 Å². The van der Waals surface area contributed by atoms with Gasteiger partial charge in [-0.05, 0) is 25.1 Å². The summed E-state index contributed by atoms with van der Waals surface area (Å²) in [7, 11) is 0. The summed E-state index contributed by atoms with van der Waals surface area (Å²) in [6, 6.07) is 10.6. The largest absolute Gasteiger partial charge is 0.493 e. The van der Waals surface area contributed by atoms with Gasteiger partial charge >= 0.3 is 0 Å². The lowest BCUT2D eigenvalue weighted by Gasteiger charge is -2.06. The van der Waals surface area contributed by atoms with Gasteiger partial charge in [-0.3, -0.25) is 4.79 Å². The van der Waals surface area contributed by atoms with Gasteiger partial charge in [0, 0.05) is 10.0 Å². The van der Waals surface area contributed by atoms with E-state index in [1.807, 2.05) is 6.07 Å². The minimum absolute atomic E-state index is 0.120. The maximum atomic E-state index is 12.3. The van der Waals surface area contributed by atoms with Crippen LogP contribution in [0.2, 0.25) is 0 Å². The highest BCUT2D eigenvalue weighted by molar-refractivity contribution is 9.10. The van der Waals surface area contributed by atoms with E-state index in [1.165, 1.54) is 0 Å². The molecule has 0 saturated carbocycles. The highest BCUT2D eigenvalue weighted by Crippen LogP contribution is 2.31. The van der Waals surface area contributed by atoms with E-state index in [1.54, 1.807) is 37.3 Å². The number of hydrogen-bond donors (Lipinski definition) is 2. The van der Waals surface area contributed by atoms with E-state index in [-0.39, 0.29) is 17.3 Å². The summed E-state index contributed by atoms with van der Waals surface area (Å²) in [6.45, 7) is 1.79. The zero-order valence-corrected chi connectivity index (χ0v) is 12.6. The summed E-state index contributed by atoms with van der Waals surface area (Å²) in [5.41, 5.74) is 0.263. The minimum atomic E-state index is -0.432. The molecular weight excluding hydrogens is 336 g/mol. The van der Waals surface area contributed by atoms with Crippen LogP contribution < -0.4 is 5.56 Å². The Morgan fingerprint density at radius 3 is 2.62 bits per heavy atom. The Kier molecular flexibility index (Phi) is 3.39. The maximum Gasteiger partial charge on any atom is 0.263 e. The first-order valence-electron chi connectivity index (χ1n) is 6.21. The molecule has 0 atom stereocenters. The van der Waals surface area contributed by atoms with E-state index in [9.17, 15) is 9.90 Å². The Morgan fingerprint density at radius 1 is 1.24 bits per heavy atom. The average molecular weight is 347 g/mol. The second kappa shape index (κ2) is 5.21. The summed E-state index contributed by atoms with van der Waals surface area (Å²) in [4.78, 5) is 18.9. The van der Waals surface area contributed by atoms with Crippen LogP contribution >= 0.6 is 15.9 Å². The fourth-order valence-corrected chi connectivity index (χ4v) is 2.53. The Bertz CT molecular complexity index is 867. The quantitative estimate of drug-likeness (QED) is 0.744. The zero-order valence-electron chi connectivity index (χ0n) is 11.1. The number of benzene rings is 1. The monoisotopic (exact) mass is 346 g/mol. The molecule has 0 fully saturated rings. The molecule has 0 aliphatic carbocycles. The van der Waals surface area contributed by atoms with Crippen LogP contribution in [0.15, 0.2) is 50.1 Å². The Balaban J connectivity index is 2.18. The first kappa shape index (κ1) is 13.6. The Labute approximate surface area is 128 Å². The number of nitrogens with one attached hydrogen (secondary N) is 1. The summed E-state index contributed by atoms with van der Waals surface area (Å²) in [5, 5.41) is 10.1. The van der Waals surface area contributed by atoms with Gasteiger partial charge in [-0.1, -0.05) is 34.1 Å². The molecule has 2 N–H and O–H groups in total. The van der Waals surface area contributed by atoms with Gasteiger partial charge in [0.2, 0.25) is 5.88 Å². The number of furan rings is 1. The molecule has 0 radical (unpaired) electrons. The summed E-state index contributed by atoms with van der Waals surface area (Å²) in [6.07, 6.45) is 0. The van der Waals surface area contributed by atoms with Gasteiger partial charge in [0.1, 0.15) is 11.3 Å². The lowest BCUT2D eigenvalue weighted by atomic mass is 10.1. The summed E-state index contributed by atoms with van der Waals surface area (Å²) in [5.74, 6) is 0.955.